The maximum absolute atomic E-state index is 5.38. The van der Waals surface area contributed by atoms with Crippen LogP contribution in [0.5, 0.6) is 0 Å². The lowest BCUT2D eigenvalue weighted by atomic mass is 10.4. The molecular weight excluding hydrogens is 226 g/mol. The molecule has 16 heavy (non-hydrogen) atoms. The molecule has 0 bridgehead atoms. The summed E-state index contributed by atoms with van der Waals surface area (Å²) in [6, 6.07) is 1.85. The van der Waals surface area contributed by atoms with E-state index in [4.69, 9.17) is 10.6 Å². The van der Waals surface area contributed by atoms with Gasteiger partial charge in [0.2, 0.25) is 0 Å². The summed E-state index contributed by atoms with van der Waals surface area (Å²) in [5.74, 6) is 6.92. The second kappa shape index (κ2) is 5.33. The number of nitrogens with zero attached hydrogens (tertiary/aromatic N) is 3. The summed E-state index contributed by atoms with van der Waals surface area (Å²) in [7, 11) is 0. The number of thioether (sulfide) groups is 1. The molecule has 1 aliphatic heterocycles. The summed E-state index contributed by atoms with van der Waals surface area (Å²) in [6.07, 6.45) is 1.94. The molecule has 1 aromatic rings. The SMILES string of the molecule is CSc1nc(NN)cc(N2CCOCC2)n1. The Morgan fingerprint density at radius 1 is 1.44 bits per heavy atom. The zero-order chi connectivity index (χ0) is 11.4. The number of hydrogen-bond donors (Lipinski definition) is 2. The molecule has 0 aliphatic carbocycles. The van der Waals surface area contributed by atoms with E-state index in [-0.39, 0.29) is 0 Å². The van der Waals surface area contributed by atoms with Gasteiger partial charge in [0.25, 0.3) is 0 Å². The number of ether oxygens (including phenoxy) is 1. The van der Waals surface area contributed by atoms with Crippen LogP contribution in [0.15, 0.2) is 11.2 Å². The second-order valence-electron chi connectivity index (χ2n) is 3.34. The van der Waals surface area contributed by atoms with Crippen molar-refractivity contribution >= 4 is 23.4 Å². The molecule has 1 aliphatic rings. The number of hydrazine groups is 1. The Balaban J connectivity index is 2.24. The Bertz CT molecular complexity index is 334. The number of aromatic nitrogens is 2. The number of nitrogen functional groups attached to an aromatic ring is 1. The van der Waals surface area contributed by atoms with Crippen LogP contribution < -0.4 is 16.2 Å². The highest BCUT2D eigenvalue weighted by atomic mass is 32.2. The smallest absolute Gasteiger partial charge is 0.191 e. The molecule has 3 N–H and O–H groups in total. The van der Waals surface area contributed by atoms with Crippen LogP contribution in [0.3, 0.4) is 0 Å². The van der Waals surface area contributed by atoms with E-state index in [0.717, 1.165) is 37.3 Å². The molecule has 0 spiro atoms. The Kier molecular flexibility index (Phi) is 3.81. The minimum Gasteiger partial charge on any atom is -0.378 e. The van der Waals surface area contributed by atoms with Crippen molar-refractivity contribution in [2.45, 2.75) is 5.16 Å². The van der Waals surface area contributed by atoms with Crippen molar-refractivity contribution in [2.24, 2.45) is 5.84 Å². The predicted molar refractivity (Wildman–Crippen MR) is 64.7 cm³/mol. The molecule has 0 atom stereocenters. The number of anilines is 2. The number of hydrogen-bond acceptors (Lipinski definition) is 7. The molecule has 6 nitrogen and oxygen atoms in total. The molecule has 1 saturated heterocycles. The Hall–Kier alpha value is -1.05. The molecule has 88 valence electrons. The van der Waals surface area contributed by atoms with E-state index in [1.54, 1.807) is 0 Å². The van der Waals surface area contributed by atoms with E-state index in [0.29, 0.717) is 5.82 Å². The summed E-state index contributed by atoms with van der Waals surface area (Å²) in [5.41, 5.74) is 2.56. The number of nitrogens with two attached hydrogens (primary N) is 1. The van der Waals surface area contributed by atoms with Crippen molar-refractivity contribution < 1.29 is 4.74 Å². The first kappa shape index (κ1) is 11.4. The van der Waals surface area contributed by atoms with Gasteiger partial charge in [-0.05, 0) is 6.26 Å². The predicted octanol–water partition coefficient (Wildman–Crippen LogP) is 0.321. The quantitative estimate of drug-likeness (QED) is 0.341. The standard InChI is InChI=1S/C9H15N5OS/c1-16-9-11-7(13-10)6-8(12-9)14-2-4-15-5-3-14/h6H,2-5,10H2,1H3,(H,11,12,13). The van der Waals surface area contributed by atoms with Crippen molar-refractivity contribution in [1.82, 2.24) is 9.97 Å². The van der Waals surface area contributed by atoms with Gasteiger partial charge in [0.1, 0.15) is 11.6 Å². The minimum atomic E-state index is 0.640. The zero-order valence-electron chi connectivity index (χ0n) is 9.14. The van der Waals surface area contributed by atoms with Gasteiger partial charge in [-0.2, -0.15) is 0 Å². The minimum absolute atomic E-state index is 0.640. The first-order valence-corrected chi connectivity index (χ1v) is 6.28. The van der Waals surface area contributed by atoms with Crippen molar-refractivity contribution in [3.05, 3.63) is 6.07 Å². The fourth-order valence-electron chi connectivity index (χ4n) is 1.53. The molecule has 0 saturated carbocycles. The van der Waals surface area contributed by atoms with Gasteiger partial charge in [-0.1, -0.05) is 11.8 Å². The Labute approximate surface area is 98.5 Å². The van der Waals surface area contributed by atoms with E-state index < -0.39 is 0 Å². The van der Waals surface area contributed by atoms with E-state index >= 15 is 0 Å². The van der Waals surface area contributed by atoms with Gasteiger partial charge in [0.15, 0.2) is 5.16 Å². The maximum Gasteiger partial charge on any atom is 0.191 e. The van der Waals surface area contributed by atoms with Crippen LogP contribution in [0, 0.1) is 0 Å². The molecule has 2 rings (SSSR count). The Morgan fingerprint density at radius 2 is 2.19 bits per heavy atom. The number of morpholine rings is 1. The molecule has 0 radical (unpaired) electrons. The summed E-state index contributed by atoms with van der Waals surface area (Å²) < 4.78 is 5.30. The van der Waals surface area contributed by atoms with Crippen molar-refractivity contribution in [1.29, 1.82) is 0 Å². The topological polar surface area (TPSA) is 76.3 Å². The lowest BCUT2D eigenvalue weighted by Gasteiger charge is -2.28. The first-order chi connectivity index (χ1) is 7.83. The van der Waals surface area contributed by atoms with Crippen molar-refractivity contribution in [2.75, 3.05) is 42.9 Å². The lowest BCUT2D eigenvalue weighted by Crippen LogP contribution is -2.37. The van der Waals surface area contributed by atoms with E-state index in [1.165, 1.54) is 11.8 Å². The average molecular weight is 241 g/mol. The third kappa shape index (κ3) is 2.55. The summed E-state index contributed by atoms with van der Waals surface area (Å²) in [6.45, 7) is 3.19. The zero-order valence-corrected chi connectivity index (χ0v) is 9.96. The highest BCUT2D eigenvalue weighted by molar-refractivity contribution is 7.98. The molecule has 1 aromatic heterocycles. The van der Waals surface area contributed by atoms with Crippen LogP contribution in [0.4, 0.5) is 11.6 Å². The van der Waals surface area contributed by atoms with Gasteiger partial charge in [0.05, 0.1) is 13.2 Å². The fourth-order valence-corrected chi connectivity index (χ4v) is 1.91. The third-order valence-corrected chi connectivity index (χ3v) is 2.91. The van der Waals surface area contributed by atoms with Gasteiger partial charge in [0, 0.05) is 19.2 Å². The van der Waals surface area contributed by atoms with Gasteiger partial charge < -0.3 is 15.1 Å². The highest BCUT2D eigenvalue weighted by Crippen LogP contribution is 2.20. The summed E-state index contributed by atoms with van der Waals surface area (Å²) in [5, 5.41) is 0.719. The van der Waals surface area contributed by atoms with Gasteiger partial charge in [-0.3, -0.25) is 0 Å². The molecule has 7 heteroatoms. The molecule has 0 aromatic carbocycles. The van der Waals surface area contributed by atoms with Crippen molar-refractivity contribution in [3.63, 3.8) is 0 Å². The maximum atomic E-state index is 5.38. The summed E-state index contributed by atoms with van der Waals surface area (Å²) in [4.78, 5) is 10.8. The van der Waals surface area contributed by atoms with Crippen LogP contribution in [0.1, 0.15) is 0 Å². The third-order valence-electron chi connectivity index (χ3n) is 2.36. The first-order valence-electron chi connectivity index (χ1n) is 5.06. The Morgan fingerprint density at radius 3 is 2.81 bits per heavy atom. The molecular formula is C9H15N5OS. The number of rotatable bonds is 3. The van der Waals surface area contributed by atoms with Crippen molar-refractivity contribution in [3.8, 4) is 0 Å². The fraction of sp³-hybridized carbons (Fsp3) is 0.556. The van der Waals surface area contributed by atoms with Crippen LogP contribution in [-0.4, -0.2) is 42.5 Å². The van der Waals surface area contributed by atoms with Crippen LogP contribution in [0.25, 0.3) is 0 Å². The largest absolute Gasteiger partial charge is 0.378 e. The number of nitrogens with one attached hydrogen (secondary N) is 1. The lowest BCUT2D eigenvalue weighted by molar-refractivity contribution is 0.122. The summed E-state index contributed by atoms with van der Waals surface area (Å²) >= 11 is 1.50. The van der Waals surface area contributed by atoms with E-state index in [1.807, 2.05) is 12.3 Å². The highest BCUT2D eigenvalue weighted by Gasteiger charge is 2.14. The molecule has 0 unspecified atom stereocenters. The van der Waals surface area contributed by atoms with E-state index in [9.17, 15) is 0 Å². The van der Waals surface area contributed by atoms with Crippen LogP contribution >= 0.6 is 11.8 Å². The molecule has 1 fully saturated rings. The molecule has 0 amide bonds. The second-order valence-corrected chi connectivity index (χ2v) is 4.12. The van der Waals surface area contributed by atoms with Crippen LogP contribution in [-0.2, 0) is 4.74 Å². The average Bonchev–Trinajstić information content (AvgIpc) is 2.39. The van der Waals surface area contributed by atoms with Gasteiger partial charge >= 0.3 is 0 Å². The molecule has 2 heterocycles. The van der Waals surface area contributed by atoms with E-state index in [2.05, 4.69) is 20.3 Å². The van der Waals surface area contributed by atoms with Gasteiger partial charge in [-0.25, -0.2) is 15.8 Å². The monoisotopic (exact) mass is 241 g/mol. The van der Waals surface area contributed by atoms with Gasteiger partial charge in [-0.15, -0.1) is 0 Å². The van der Waals surface area contributed by atoms with Crippen LogP contribution in [0.2, 0.25) is 0 Å². The normalized spacial score (nSPS) is 16.2.